The molecule has 2 heterocycles. The predicted molar refractivity (Wildman–Crippen MR) is 81.4 cm³/mol. The first-order valence-electron chi connectivity index (χ1n) is 7.64. The standard InChI is InChI=1S/C16H21NO3S/c18-14(10-16(15(19)20)5-1-6-16)17-7-2-12(3-8-17)13-4-9-21-11-13/h4,9,11-12H,1-3,5-8,10H2,(H,19,20). The number of piperidine rings is 1. The summed E-state index contributed by atoms with van der Waals surface area (Å²) in [6.07, 6.45) is 4.40. The van der Waals surface area contributed by atoms with Gasteiger partial charge in [-0.3, -0.25) is 9.59 Å². The van der Waals surface area contributed by atoms with Gasteiger partial charge in [0.15, 0.2) is 0 Å². The molecule has 1 aromatic rings. The van der Waals surface area contributed by atoms with Crippen LogP contribution in [0.2, 0.25) is 0 Å². The van der Waals surface area contributed by atoms with Crippen molar-refractivity contribution in [2.75, 3.05) is 13.1 Å². The lowest BCUT2D eigenvalue weighted by molar-refractivity contribution is -0.159. The minimum absolute atomic E-state index is 0.0286. The molecular weight excluding hydrogens is 286 g/mol. The summed E-state index contributed by atoms with van der Waals surface area (Å²) in [4.78, 5) is 25.6. The highest BCUT2D eigenvalue weighted by Gasteiger charge is 2.46. The quantitative estimate of drug-likeness (QED) is 0.930. The number of carboxylic acids is 1. The van der Waals surface area contributed by atoms with E-state index in [9.17, 15) is 14.7 Å². The molecule has 2 aliphatic rings. The molecular formula is C16H21NO3S. The maximum Gasteiger partial charge on any atom is 0.310 e. The third kappa shape index (κ3) is 2.84. The van der Waals surface area contributed by atoms with Crippen molar-refractivity contribution in [1.29, 1.82) is 0 Å². The molecule has 1 N–H and O–H groups in total. The fourth-order valence-corrected chi connectivity index (χ4v) is 4.18. The first-order valence-corrected chi connectivity index (χ1v) is 8.58. The number of aliphatic carboxylic acids is 1. The molecule has 0 bridgehead atoms. The average Bonchev–Trinajstić information content (AvgIpc) is 2.96. The van der Waals surface area contributed by atoms with E-state index >= 15 is 0 Å². The van der Waals surface area contributed by atoms with Gasteiger partial charge in [0.1, 0.15) is 0 Å². The van der Waals surface area contributed by atoms with Gasteiger partial charge >= 0.3 is 5.97 Å². The largest absolute Gasteiger partial charge is 0.481 e. The molecule has 1 aromatic heterocycles. The molecule has 1 amide bonds. The van der Waals surface area contributed by atoms with Gasteiger partial charge in [-0.25, -0.2) is 0 Å². The lowest BCUT2D eigenvalue weighted by Crippen LogP contribution is -2.45. The number of nitrogens with zero attached hydrogens (tertiary/aromatic N) is 1. The van der Waals surface area contributed by atoms with Crippen LogP contribution in [-0.4, -0.2) is 35.0 Å². The van der Waals surface area contributed by atoms with Crippen LogP contribution in [0.4, 0.5) is 0 Å². The molecule has 0 atom stereocenters. The highest BCUT2D eigenvalue weighted by Crippen LogP contribution is 2.44. The summed E-state index contributed by atoms with van der Waals surface area (Å²) < 4.78 is 0. The van der Waals surface area contributed by atoms with Crippen LogP contribution < -0.4 is 0 Å². The fraction of sp³-hybridized carbons (Fsp3) is 0.625. The second-order valence-corrected chi connectivity index (χ2v) is 7.11. The van der Waals surface area contributed by atoms with E-state index in [0.29, 0.717) is 18.8 Å². The number of carbonyl (C=O) groups is 2. The molecule has 0 aromatic carbocycles. The van der Waals surface area contributed by atoms with Gasteiger partial charge in [-0.15, -0.1) is 0 Å². The molecule has 0 spiro atoms. The molecule has 3 rings (SSSR count). The van der Waals surface area contributed by atoms with Gasteiger partial charge in [-0.05, 0) is 54.0 Å². The zero-order chi connectivity index (χ0) is 14.9. The van der Waals surface area contributed by atoms with Gasteiger partial charge in [-0.2, -0.15) is 11.3 Å². The smallest absolute Gasteiger partial charge is 0.310 e. The normalized spacial score (nSPS) is 21.8. The van der Waals surface area contributed by atoms with Gasteiger partial charge in [0.25, 0.3) is 0 Å². The van der Waals surface area contributed by atoms with Crippen LogP contribution in [0.15, 0.2) is 16.8 Å². The molecule has 2 fully saturated rings. The lowest BCUT2D eigenvalue weighted by Gasteiger charge is -2.39. The summed E-state index contributed by atoms with van der Waals surface area (Å²) in [7, 11) is 0. The summed E-state index contributed by atoms with van der Waals surface area (Å²) in [6, 6.07) is 2.17. The third-order valence-corrected chi connectivity index (χ3v) is 5.82. The second-order valence-electron chi connectivity index (χ2n) is 6.33. The third-order valence-electron chi connectivity index (χ3n) is 5.12. The Bertz CT molecular complexity index is 514. The summed E-state index contributed by atoms with van der Waals surface area (Å²) >= 11 is 1.72. The Morgan fingerprint density at radius 1 is 1.33 bits per heavy atom. The van der Waals surface area contributed by atoms with E-state index in [2.05, 4.69) is 16.8 Å². The van der Waals surface area contributed by atoms with Crippen molar-refractivity contribution in [3.8, 4) is 0 Å². The zero-order valence-electron chi connectivity index (χ0n) is 12.1. The number of hydrogen-bond donors (Lipinski definition) is 1. The van der Waals surface area contributed by atoms with Crippen LogP contribution in [0.25, 0.3) is 0 Å². The van der Waals surface area contributed by atoms with Crippen molar-refractivity contribution in [1.82, 2.24) is 4.90 Å². The molecule has 21 heavy (non-hydrogen) atoms. The number of carbonyl (C=O) groups excluding carboxylic acids is 1. The number of carboxylic acid groups (broad SMARTS) is 1. The van der Waals surface area contributed by atoms with Crippen molar-refractivity contribution in [3.05, 3.63) is 22.4 Å². The molecule has 114 valence electrons. The van der Waals surface area contributed by atoms with Gasteiger partial charge in [0.05, 0.1) is 5.41 Å². The fourth-order valence-electron chi connectivity index (χ4n) is 3.44. The van der Waals surface area contributed by atoms with Gasteiger partial charge in [0, 0.05) is 19.5 Å². The average molecular weight is 307 g/mol. The number of likely N-dealkylation sites (tertiary alicyclic amines) is 1. The van der Waals surface area contributed by atoms with Crippen LogP contribution in [0, 0.1) is 5.41 Å². The Hall–Kier alpha value is -1.36. The summed E-state index contributed by atoms with van der Waals surface area (Å²) in [5, 5.41) is 13.6. The maximum absolute atomic E-state index is 12.4. The maximum atomic E-state index is 12.4. The molecule has 1 aliphatic heterocycles. The molecule has 0 unspecified atom stereocenters. The topological polar surface area (TPSA) is 57.6 Å². The SMILES string of the molecule is O=C(CC1(C(=O)O)CCC1)N1CCC(c2ccsc2)CC1. The molecule has 1 aliphatic carbocycles. The first kappa shape index (κ1) is 14.6. The van der Waals surface area contributed by atoms with Crippen molar-refractivity contribution in [2.24, 2.45) is 5.41 Å². The van der Waals surface area contributed by atoms with Crippen molar-refractivity contribution >= 4 is 23.2 Å². The molecule has 0 radical (unpaired) electrons. The van der Waals surface area contributed by atoms with Crippen molar-refractivity contribution < 1.29 is 14.7 Å². The summed E-state index contributed by atoms with van der Waals surface area (Å²) in [6.45, 7) is 1.52. The second kappa shape index (κ2) is 5.79. The minimum atomic E-state index is -0.796. The van der Waals surface area contributed by atoms with Crippen LogP contribution in [0.5, 0.6) is 0 Å². The van der Waals surface area contributed by atoms with E-state index < -0.39 is 11.4 Å². The monoisotopic (exact) mass is 307 g/mol. The van der Waals surface area contributed by atoms with E-state index in [1.165, 1.54) is 5.56 Å². The summed E-state index contributed by atoms with van der Waals surface area (Å²) in [5.74, 6) is -0.214. The van der Waals surface area contributed by atoms with E-state index in [-0.39, 0.29) is 12.3 Å². The van der Waals surface area contributed by atoms with E-state index in [0.717, 1.165) is 32.4 Å². The molecule has 4 nitrogen and oxygen atoms in total. The number of hydrogen-bond acceptors (Lipinski definition) is 3. The van der Waals surface area contributed by atoms with E-state index in [1.807, 2.05) is 4.90 Å². The highest BCUT2D eigenvalue weighted by atomic mass is 32.1. The lowest BCUT2D eigenvalue weighted by atomic mass is 9.66. The van der Waals surface area contributed by atoms with E-state index in [4.69, 9.17) is 0 Å². The Labute approximate surface area is 128 Å². The zero-order valence-corrected chi connectivity index (χ0v) is 12.9. The van der Waals surface area contributed by atoms with Gasteiger partial charge in [0.2, 0.25) is 5.91 Å². The van der Waals surface area contributed by atoms with Crippen LogP contribution in [-0.2, 0) is 9.59 Å². The minimum Gasteiger partial charge on any atom is -0.481 e. The number of thiophene rings is 1. The van der Waals surface area contributed by atoms with E-state index in [1.54, 1.807) is 11.3 Å². The Morgan fingerprint density at radius 2 is 2.05 bits per heavy atom. The van der Waals surface area contributed by atoms with Crippen LogP contribution >= 0.6 is 11.3 Å². The Kier molecular flexibility index (Phi) is 4.02. The van der Waals surface area contributed by atoms with Gasteiger partial charge in [-0.1, -0.05) is 6.42 Å². The van der Waals surface area contributed by atoms with Crippen LogP contribution in [0.1, 0.15) is 50.0 Å². The van der Waals surface area contributed by atoms with Crippen LogP contribution in [0.3, 0.4) is 0 Å². The molecule has 1 saturated carbocycles. The van der Waals surface area contributed by atoms with Crippen molar-refractivity contribution in [3.63, 3.8) is 0 Å². The molecule has 5 heteroatoms. The Morgan fingerprint density at radius 3 is 2.52 bits per heavy atom. The summed E-state index contributed by atoms with van der Waals surface area (Å²) in [5.41, 5.74) is 0.620. The van der Waals surface area contributed by atoms with Crippen molar-refractivity contribution in [2.45, 2.75) is 44.4 Å². The first-order chi connectivity index (χ1) is 10.1. The number of amides is 1. The Balaban J connectivity index is 1.54. The predicted octanol–water partition coefficient (Wildman–Crippen LogP) is 3.10. The van der Waals surface area contributed by atoms with Gasteiger partial charge < -0.3 is 10.0 Å². The highest BCUT2D eigenvalue weighted by molar-refractivity contribution is 7.07. The molecule has 1 saturated heterocycles. The number of rotatable bonds is 4.